The molecule has 1 heterocycles. The van der Waals surface area contributed by atoms with Crippen LogP contribution in [-0.2, 0) is 11.4 Å². The van der Waals surface area contributed by atoms with Crippen molar-refractivity contribution in [2.24, 2.45) is 4.99 Å². The van der Waals surface area contributed by atoms with Crippen LogP contribution in [-0.4, -0.2) is 11.1 Å². The van der Waals surface area contributed by atoms with Crippen molar-refractivity contribution in [1.82, 2.24) is 5.32 Å². The summed E-state index contributed by atoms with van der Waals surface area (Å²) in [6, 6.07) is 20.9. The molecule has 0 atom stereocenters. The van der Waals surface area contributed by atoms with Gasteiger partial charge in [-0.1, -0.05) is 47.5 Å². The second kappa shape index (κ2) is 10.1. The molecule has 0 aromatic heterocycles. The smallest absolute Gasteiger partial charge is 0.264 e. The maximum atomic E-state index is 12.3. The fourth-order valence-corrected chi connectivity index (χ4v) is 4.21. The van der Waals surface area contributed by atoms with Crippen LogP contribution in [0, 0.1) is 3.57 Å². The zero-order valence-electron chi connectivity index (χ0n) is 15.9. The lowest BCUT2D eigenvalue weighted by atomic mass is 10.2. The van der Waals surface area contributed by atoms with Crippen molar-refractivity contribution in [3.8, 4) is 5.75 Å². The molecule has 1 aliphatic heterocycles. The Morgan fingerprint density at radius 3 is 2.45 bits per heavy atom. The summed E-state index contributed by atoms with van der Waals surface area (Å²) in [6.07, 6.45) is 1.82. The van der Waals surface area contributed by atoms with Crippen molar-refractivity contribution in [1.29, 1.82) is 0 Å². The predicted octanol–water partition coefficient (Wildman–Crippen LogP) is 7.07. The molecule has 8 heteroatoms. The number of carbonyl (C=O) groups is 1. The molecule has 3 aromatic carbocycles. The zero-order chi connectivity index (χ0) is 21.8. The molecule has 0 bridgehead atoms. The van der Waals surface area contributed by atoms with Gasteiger partial charge in [0, 0.05) is 3.57 Å². The first-order chi connectivity index (χ1) is 15.0. The van der Waals surface area contributed by atoms with E-state index in [-0.39, 0.29) is 5.91 Å². The number of benzene rings is 3. The molecule has 4 nitrogen and oxygen atoms in total. The Bertz CT molecular complexity index is 1180. The predicted molar refractivity (Wildman–Crippen MR) is 137 cm³/mol. The van der Waals surface area contributed by atoms with Crippen LogP contribution in [0.4, 0.5) is 5.69 Å². The van der Waals surface area contributed by atoms with Crippen molar-refractivity contribution in [3.63, 3.8) is 0 Å². The van der Waals surface area contributed by atoms with Crippen LogP contribution in [0.5, 0.6) is 5.75 Å². The Kier molecular flexibility index (Phi) is 7.22. The van der Waals surface area contributed by atoms with E-state index in [1.807, 2.05) is 42.5 Å². The lowest BCUT2D eigenvalue weighted by Gasteiger charge is -2.07. The number of amidine groups is 1. The molecule has 1 N–H and O–H groups in total. The molecule has 4 rings (SSSR count). The fourth-order valence-electron chi connectivity index (χ4n) is 2.71. The average Bonchev–Trinajstić information content (AvgIpc) is 3.10. The third kappa shape index (κ3) is 6.04. The maximum absolute atomic E-state index is 12.3. The SMILES string of the molecule is O=C1NC(=Nc2ccc(Cl)c(Cl)c2)S/C1=C\c1ccc(OCc2ccc(I)cc2)cc1. The van der Waals surface area contributed by atoms with E-state index in [0.29, 0.717) is 32.4 Å². The maximum Gasteiger partial charge on any atom is 0.264 e. The molecular weight excluding hydrogens is 566 g/mol. The molecule has 3 aromatic rings. The normalized spacial score (nSPS) is 16.0. The van der Waals surface area contributed by atoms with Gasteiger partial charge in [-0.05, 0) is 94.0 Å². The Labute approximate surface area is 207 Å². The summed E-state index contributed by atoms with van der Waals surface area (Å²) in [5.74, 6) is 0.578. The van der Waals surface area contributed by atoms with Crippen molar-refractivity contribution in [3.05, 3.63) is 96.4 Å². The minimum absolute atomic E-state index is 0.192. The van der Waals surface area contributed by atoms with Crippen LogP contribution in [0.25, 0.3) is 6.08 Å². The van der Waals surface area contributed by atoms with Crippen LogP contribution >= 0.6 is 57.6 Å². The van der Waals surface area contributed by atoms with E-state index in [0.717, 1.165) is 16.9 Å². The molecule has 0 spiro atoms. The summed E-state index contributed by atoms with van der Waals surface area (Å²) in [5.41, 5.74) is 2.63. The number of rotatable bonds is 5. The summed E-state index contributed by atoms with van der Waals surface area (Å²) in [5, 5.41) is 4.13. The van der Waals surface area contributed by atoms with E-state index in [2.05, 4.69) is 45.0 Å². The Morgan fingerprint density at radius 1 is 1.00 bits per heavy atom. The van der Waals surface area contributed by atoms with E-state index in [1.165, 1.54) is 15.3 Å². The number of ether oxygens (including phenoxy) is 1. The van der Waals surface area contributed by atoms with Crippen LogP contribution in [0.15, 0.2) is 76.6 Å². The van der Waals surface area contributed by atoms with E-state index < -0.39 is 0 Å². The minimum Gasteiger partial charge on any atom is -0.489 e. The number of amides is 1. The van der Waals surface area contributed by atoms with E-state index >= 15 is 0 Å². The van der Waals surface area contributed by atoms with Crippen LogP contribution in [0.2, 0.25) is 10.0 Å². The standard InChI is InChI=1S/C23H15Cl2IN2O2S/c24-19-10-7-17(12-20(19)25)27-23-28-22(29)21(31-23)11-14-3-8-18(9-4-14)30-13-15-1-5-16(26)6-2-15/h1-12H,13H2,(H,27,28,29)/b21-11-. The third-order valence-corrected chi connectivity index (χ3v) is 6.65. The topological polar surface area (TPSA) is 50.7 Å². The molecule has 1 amide bonds. The first kappa shape index (κ1) is 22.2. The van der Waals surface area contributed by atoms with E-state index in [4.69, 9.17) is 27.9 Å². The van der Waals surface area contributed by atoms with Crippen LogP contribution in [0.3, 0.4) is 0 Å². The highest BCUT2D eigenvalue weighted by Crippen LogP contribution is 2.31. The lowest BCUT2D eigenvalue weighted by molar-refractivity contribution is -0.115. The summed E-state index contributed by atoms with van der Waals surface area (Å²) in [4.78, 5) is 17.3. The first-order valence-electron chi connectivity index (χ1n) is 9.18. The Hall–Kier alpha value is -2.00. The average molecular weight is 581 g/mol. The molecule has 31 heavy (non-hydrogen) atoms. The molecule has 0 saturated carbocycles. The number of halogens is 3. The zero-order valence-corrected chi connectivity index (χ0v) is 20.4. The highest BCUT2D eigenvalue weighted by molar-refractivity contribution is 14.1. The number of hydrogen-bond acceptors (Lipinski definition) is 4. The summed E-state index contributed by atoms with van der Waals surface area (Å²) in [7, 11) is 0. The van der Waals surface area contributed by atoms with Crippen LogP contribution < -0.4 is 10.1 Å². The van der Waals surface area contributed by atoms with Crippen LogP contribution in [0.1, 0.15) is 11.1 Å². The van der Waals surface area contributed by atoms with Gasteiger partial charge in [-0.3, -0.25) is 4.79 Å². The number of carbonyl (C=O) groups excluding carboxylic acids is 1. The summed E-state index contributed by atoms with van der Waals surface area (Å²) in [6.45, 7) is 0.504. The highest BCUT2D eigenvalue weighted by atomic mass is 127. The van der Waals surface area contributed by atoms with Gasteiger partial charge in [0.25, 0.3) is 5.91 Å². The monoisotopic (exact) mass is 580 g/mol. The number of hydrogen-bond donors (Lipinski definition) is 1. The van der Waals surface area contributed by atoms with Gasteiger partial charge in [-0.2, -0.15) is 0 Å². The number of nitrogens with zero attached hydrogens (tertiary/aromatic N) is 1. The van der Waals surface area contributed by atoms with Gasteiger partial charge in [0.1, 0.15) is 12.4 Å². The van der Waals surface area contributed by atoms with Crippen molar-refractivity contribution in [2.75, 3.05) is 0 Å². The minimum atomic E-state index is -0.192. The molecule has 0 unspecified atom stereocenters. The molecule has 1 aliphatic rings. The summed E-state index contributed by atoms with van der Waals surface area (Å²) >= 11 is 15.5. The number of thioether (sulfide) groups is 1. The summed E-state index contributed by atoms with van der Waals surface area (Å²) < 4.78 is 7.02. The van der Waals surface area contributed by atoms with Crippen molar-refractivity contribution < 1.29 is 9.53 Å². The quantitative estimate of drug-likeness (QED) is 0.259. The fraction of sp³-hybridized carbons (Fsp3) is 0.0435. The van der Waals surface area contributed by atoms with Gasteiger partial charge in [-0.15, -0.1) is 0 Å². The Morgan fingerprint density at radius 2 is 1.74 bits per heavy atom. The van der Waals surface area contributed by atoms with Crippen molar-refractivity contribution in [2.45, 2.75) is 6.61 Å². The van der Waals surface area contributed by atoms with E-state index in [1.54, 1.807) is 18.2 Å². The Balaban J connectivity index is 1.41. The first-order valence-corrected chi connectivity index (χ1v) is 11.8. The lowest BCUT2D eigenvalue weighted by Crippen LogP contribution is -2.19. The number of nitrogens with one attached hydrogen (secondary N) is 1. The van der Waals surface area contributed by atoms with Gasteiger partial charge in [0.15, 0.2) is 5.17 Å². The van der Waals surface area contributed by atoms with E-state index in [9.17, 15) is 4.79 Å². The molecule has 156 valence electrons. The van der Waals surface area contributed by atoms with Gasteiger partial charge < -0.3 is 10.1 Å². The van der Waals surface area contributed by atoms with Gasteiger partial charge in [0.05, 0.1) is 20.6 Å². The molecule has 0 aliphatic carbocycles. The van der Waals surface area contributed by atoms with Gasteiger partial charge >= 0.3 is 0 Å². The number of aliphatic imine (C=N–C) groups is 1. The third-order valence-electron chi connectivity index (χ3n) is 4.28. The van der Waals surface area contributed by atoms with Crippen molar-refractivity contribution >= 4 is 80.4 Å². The second-order valence-electron chi connectivity index (χ2n) is 6.56. The molecule has 1 saturated heterocycles. The largest absolute Gasteiger partial charge is 0.489 e. The molecule has 1 fully saturated rings. The van der Waals surface area contributed by atoms with Gasteiger partial charge in [-0.25, -0.2) is 4.99 Å². The molecule has 0 radical (unpaired) electrons. The second-order valence-corrected chi connectivity index (χ2v) is 9.66. The molecular formula is C23H15Cl2IN2O2S. The van der Waals surface area contributed by atoms with Gasteiger partial charge in [0.2, 0.25) is 0 Å². The highest BCUT2D eigenvalue weighted by Gasteiger charge is 2.23.